The fraction of sp³-hybridized carbons (Fsp3) is 0.0625. The maximum absolute atomic E-state index is 11.9. The highest BCUT2D eigenvalue weighted by molar-refractivity contribution is 6.33. The highest BCUT2D eigenvalue weighted by atomic mass is 35.5. The number of aliphatic carboxylic acids is 1. The monoisotopic (exact) mass is 366 g/mol. The lowest BCUT2D eigenvalue weighted by Gasteiger charge is -2.06. The zero-order valence-corrected chi connectivity index (χ0v) is 13.7. The Bertz CT molecular complexity index is 793. The van der Waals surface area contributed by atoms with Crippen LogP contribution in [-0.4, -0.2) is 29.8 Å². The number of carboxylic acids is 1. The van der Waals surface area contributed by atoms with E-state index in [1.165, 1.54) is 18.3 Å². The molecule has 8 heteroatoms. The Labute approximate surface area is 147 Å². The molecule has 124 valence electrons. The number of ether oxygens (including phenoxy) is 1. The molecule has 2 aromatic carbocycles. The van der Waals surface area contributed by atoms with Crippen LogP contribution in [0.15, 0.2) is 47.6 Å². The van der Waals surface area contributed by atoms with Gasteiger partial charge in [-0.2, -0.15) is 5.10 Å². The topological polar surface area (TPSA) is 88.0 Å². The molecule has 6 nitrogen and oxygen atoms in total. The molecule has 0 aliphatic heterocycles. The van der Waals surface area contributed by atoms with E-state index < -0.39 is 18.5 Å². The quantitative estimate of drug-likeness (QED) is 0.606. The molecule has 0 heterocycles. The third kappa shape index (κ3) is 4.97. The number of halogens is 2. The second-order valence-electron chi connectivity index (χ2n) is 4.55. The van der Waals surface area contributed by atoms with Crippen molar-refractivity contribution in [2.75, 3.05) is 6.61 Å². The van der Waals surface area contributed by atoms with E-state index in [1.54, 1.807) is 30.3 Å². The van der Waals surface area contributed by atoms with Gasteiger partial charge < -0.3 is 9.84 Å². The SMILES string of the molecule is O=C(O)COc1ccc(/C=N\NC(=O)c2ccccc2Cl)cc1Cl. The van der Waals surface area contributed by atoms with Gasteiger partial charge in [-0.05, 0) is 35.9 Å². The highest BCUT2D eigenvalue weighted by Gasteiger charge is 2.08. The molecule has 0 fully saturated rings. The molecule has 0 aliphatic rings. The first-order valence-electron chi connectivity index (χ1n) is 6.69. The largest absolute Gasteiger partial charge is 0.480 e. The van der Waals surface area contributed by atoms with Gasteiger partial charge >= 0.3 is 5.97 Å². The molecule has 2 rings (SSSR count). The Hall–Kier alpha value is -2.57. The van der Waals surface area contributed by atoms with E-state index in [0.29, 0.717) is 16.1 Å². The van der Waals surface area contributed by atoms with Crippen molar-refractivity contribution in [3.63, 3.8) is 0 Å². The molecule has 0 aliphatic carbocycles. The molecule has 2 N–H and O–H groups in total. The average molecular weight is 367 g/mol. The molecule has 0 saturated heterocycles. The lowest BCUT2D eigenvalue weighted by molar-refractivity contribution is -0.139. The van der Waals surface area contributed by atoms with Crippen LogP contribution in [0.1, 0.15) is 15.9 Å². The van der Waals surface area contributed by atoms with Crippen LogP contribution < -0.4 is 10.2 Å². The lowest BCUT2D eigenvalue weighted by Crippen LogP contribution is -2.17. The van der Waals surface area contributed by atoms with Gasteiger partial charge in [0.05, 0.1) is 21.8 Å². The predicted molar refractivity (Wildman–Crippen MR) is 91.1 cm³/mol. The molecule has 0 radical (unpaired) electrons. The normalized spacial score (nSPS) is 10.6. The van der Waals surface area contributed by atoms with Crippen LogP contribution in [0.3, 0.4) is 0 Å². The summed E-state index contributed by atoms with van der Waals surface area (Å²) in [5.41, 5.74) is 3.27. The van der Waals surface area contributed by atoms with Crippen molar-refractivity contribution in [3.8, 4) is 5.75 Å². The number of benzene rings is 2. The van der Waals surface area contributed by atoms with Gasteiger partial charge in [-0.3, -0.25) is 4.79 Å². The molecule has 0 bridgehead atoms. The summed E-state index contributed by atoms with van der Waals surface area (Å²) in [6.45, 7) is -0.485. The van der Waals surface area contributed by atoms with E-state index in [2.05, 4.69) is 10.5 Å². The van der Waals surface area contributed by atoms with Gasteiger partial charge in [-0.25, -0.2) is 10.2 Å². The zero-order chi connectivity index (χ0) is 17.5. The van der Waals surface area contributed by atoms with Crippen LogP contribution in [0.2, 0.25) is 10.0 Å². The number of nitrogens with one attached hydrogen (secondary N) is 1. The molecule has 0 spiro atoms. The summed E-state index contributed by atoms with van der Waals surface area (Å²) >= 11 is 11.9. The number of carboxylic acid groups (broad SMARTS) is 1. The molecular weight excluding hydrogens is 355 g/mol. The summed E-state index contributed by atoms with van der Waals surface area (Å²) in [4.78, 5) is 22.4. The summed E-state index contributed by atoms with van der Waals surface area (Å²) in [7, 11) is 0. The number of rotatable bonds is 6. The molecule has 24 heavy (non-hydrogen) atoms. The van der Waals surface area contributed by atoms with E-state index in [9.17, 15) is 9.59 Å². The Kier molecular flexibility index (Phi) is 6.17. The standard InChI is InChI=1S/C16H12Cl2N2O4/c17-12-4-2-1-3-11(12)16(23)20-19-8-10-5-6-14(13(18)7-10)24-9-15(21)22/h1-8H,9H2,(H,20,23)(H,21,22)/b19-8-. The number of carbonyl (C=O) groups is 2. The molecule has 0 atom stereocenters. The van der Waals surface area contributed by atoms with E-state index in [0.717, 1.165) is 0 Å². The molecule has 0 unspecified atom stereocenters. The first-order chi connectivity index (χ1) is 11.5. The van der Waals surface area contributed by atoms with Crippen LogP contribution in [0.25, 0.3) is 0 Å². The van der Waals surface area contributed by atoms with Crippen molar-refractivity contribution < 1.29 is 19.4 Å². The Morgan fingerprint density at radius 1 is 1.17 bits per heavy atom. The first-order valence-corrected chi connectivity index (χ1v) is 7.45. The van der Waals surface area contributed by atoms with E-state index in [4.69, 9.17) is 33.0 Å². The van der Waals surface area contributed by atoms with Crippen LogP contribution in [0, 0.1) is 0 Å². The first kappa shape index (κ1) is 17.8. The van der Waals surface area contributed by atoms with Crippen molar-refractivity contribution >= 4 is 41.3 Å². The number of hydrogen-bond acceptors (Lipinski definition) is 4. The number of nitrogens with zero attached hydrogens (tertiary/aromatic N) is 1. The fourth-order valence-corrected chi connectivity index (χ4v) is 2.19. The summed E-state index contributed by atoms with van der Waals surface area (Å²) in [5, 5.41) is 13.0. The Balaban J connectivity index is 1.99. The van der Waals surface area contributed by atoms with Gasteiger partial charge in [0, 0.05) is 0 Å². The summed E-state index contributed by atoms with van der Waals surface area (Å²) in [6, 6.07) is 11.3. The number of hydrogen-bond donors (Lipinski definition) is 2. The number of hydrazone groups is 1. The van der Waals surface area contributed by atoms with Crippen molar-refractivity contribution in [2.24, 2.45) is 5.10 Å². The van der Waals surface area contributed by atoms with Crippen LogP contribution >= 0.6 is 23.2 Å². The van der Waals surface area contributed by atoms with Gasteiger partial charge in [-0.1, -0.05) is 35.3 Å². The van der Waals surface area contributed by atoms with E-state index in [-0.39, 0.29) is 10.8 Å². The van der Waals surface area contributed by atoms with Crippen LogP contribution in [-0.2, 0) is 4.79 Å². The van der Waals surface area contributed by atoms with Crippen molar-refractivity contribution in [2.45, 2.75) is 0 Å². The maximum Gasteiger partial charge on any atom is 0.341 e. The van der Waals surface area contributed by atoms with E-state index in [1.807, 2.05) is 0 Å². The van der Waals surface area contributed by atoms with Crippen LogP contribution in [0.4, 0.5) is 0 Å². The Morgan fingerprint density at radius 3 is 2.58 bits per heavy atom. The molecule has 1 amide bonds. The third-order valence-electron chi connectivity index (χ3n) is 2.81. The minimum atomic E-state index is -1.10. The smallest absolute Gasteiger partial charge is 0.341 e. The average Bonchev–Trinajstić information content (AvgIpc) is 2.54. The van der Waals surface area contributed by atoms with Crippen LogP contribution in [0.5, 0.6) is 5.75 Å². The van der Waals surface area contributed by atoms with Gasteiger partial charge in [0.1, 0.15) is 5.75 Å². The van der Waals surface area contributed by atoms with Gasteiger partial charge in [-0.15, -0.1) is 0 Å². The minimum absolute atomic E-state index is 0.234. The summed E-state index contributed by atoms with van der Waals surface area (Å²) in [6.07, 6.45) is 1.39. The Morgan fingerprint density at radius 2 is 1.92 bits per heavy atom. The highest BCUT2D eigenvalue weighted by Crippen LogP contribution is 2.24. The molecule has 0 saturated carbocycles. The predicted octanol–water partition coefficient (Wildman–Crippen LogP) is 3.22. The lowest BCUT2D eigenvalue weighted by atomic mass is 10.2. The van der Waals surface area contributed by atoms with Crippen molar-refractivity contribution in [3.05, 3.63) is 63.6 Å². The van der Waals surface area contributed by atoms with Gasteiger partial charge in [0.2, 0.25) is 0 Å². The summed E-state index contributed by atoms with van der Waals surface area (Å²) < 4.78 is 5.01. The minimum Gasteiger partial charge on any atom is -0.480 e. The molecule has 0 aromatic heterocycles. The third-order valence-corrected chi connectivity index (χ3v) is 3.43. The second kappa shape index (κ2) is 8.33. The number of carbonyl (C=O) groups excluding carboxylic acids is 1. The maximum atomic E-state index is 11.9. The van der Waals surface area contributed by atoms with Crippen molar-refractivity contribution in [1.29, 1.82) is 0 Å². The number of amides is 1. The summed E-state index contributed by atoms with van der Waals surface area (Å²) in [5.74, 6) is -1.29. The zero-order valence-electron chi connectivity index (χ0n) is 12.2. The van der Waals surface area contributed by atoms with Gasteiger partial charge in [0.15, 0.2) is 6.61 Å². The van der Waals surface area contributed by atoms with Gasteiger partial charge in [0.25, 0.3) is 5.91 Å². The van der Waals surface area contributed by atoms with Crippen molar-refractivity contribution in [1.82, 2.24) is 5.43 Å². The molecular formula is C16H12Cl2N2O4. The second-order valence-corrected chi connectivity index (χ2v) is 5.37. The fourth-order valence-electron chi connectivity index (χ4n) is 1.72. The van der Waals surface area contributed by atoms with E-state index >= 15 is 0 Å². The molecule has 2 aromatic rings.